The largest absolute Gasteiger partial charge is 0.504 e. The van der Waals surface area contributed by atoms with Gasteiger partial charge < -0.3 is 14.7 Å². The molecule has 0 atom stereocenters. The number of aryl methyl sites for hydroxylation is 1. The number of hydrogen-bond donors (Lipinski definition) is 2. The van der Waals surface area contributed by atoms with Crippen LogP contribution in [0.2, 0.25) is 0 Å². The molecule has 0 spiro atoms. The van der Waals surface area contributed by atoms with E-state index in [1.807, 2.05) is 31.2 Å². The minimum absolute atomic E-state index is 0.164. The number of para-hydroxylation sites is 1. The molecule has 5 nitrogen and oxygen atoms in total. The van der Waals surface area contributed by atoms with Gasteiger partial charge in [0.05, 0.1) is 5.56 Å². The second kappa shape index (κ2) is 4.70. The van der Waals surface area contributed by atoms with Crippen molar-refractivity contribution < 1.29 is 14.7 Å². The average molecular weight is 268 g/mol. The van der Waals surface area contributed by atoms with Crippen LogP contribution in [0.25, 0.3) is 22.8 Å². The van der Waals surface area contributed by atoms with Crippen LogP contribution in [0.3, 0.4) is 0 Å². The van der Waals surface area contributed by atoms with E-state index in [0.717, 1.165) is 11.1 Å². The molecule has 5 heteroatoms. The maximum atomic E-state index is 9.81. The summed E-state index contributed by atoms with van der Waals surface area (Å²) in [5.41, 5.74) is 2.19. The molecule has 0 saturated carbocycles. The fraction of sp³-hybridized carbons (Fsp3) is 0.0667. The van der Waals surface area contributed by atoms with Gasteiger partial charge in [0.15, 0.2) is 11.5 Å². The van der Waals surface area contributed by atoms with E-state index in [-0.39, 0.29) is 17.4 Å². The average Bonchev–Trinajstić information content (AvgIpc) is 2.92. The highest BCUT2D eigenvalue weighted by Gasteiger charge is 2.16. The topological polar surface area (TPSA) is 79.4 Å². The predicted molar refractivity (Wildman–Crippen MR) is 73.2 cm³/mol. The number of phenolic OH excluding ortho intramolecular Hbond substituents is 2. The second-order valence-corrected chi connectivity index (χ2v) is 4.41. The van der Waals surface area contributed by atoms with Gasteiger partial charge in [-0.05, 0) is 24.6 Å². The molecule has 3 rings (SSSR count). The van der Waals surface area contributed by atoms with Gasteiger partial charge in [0, 0.05) is 5.56 Å². The summed E-state index contributed by atoms with van der Waals surface area (Å²) in [5, 5.41) is 23.2. The molecule has 0 bridgehead atoms. The second-order valence-electron chi connectivity index (χ2n) is 4.41. The van der Waals surface area contributed by atoms with Crippen LogP contribution < -0.4 is 0 Å². The number of rotatable bonds is 2. The smallest absolute Gasteiger partial charge is 0.262 e. The maximum Gasteiger partial charge on any atom is 0.262 e. The number of phenols is 2. The molecule has 0 saturated heterocycles. The summed E-state index contributed by atoms with van der Waals surface area (Å²) in [4.78, 5) is 4.26. The maximum absolute atomic E-state index is 9.81. The Hall–Kier alpha value is -2.82. The molecule has 0 amide bonds. The molecule has 0 radical (unpaired) electrons. The molecule has 100 valence electrons. The third kappa shape index (κ3) is 1.99. The van der Waals surface area contributed by atoms with Gasteiger partial charge in [0.1, 0.15) is 0 Å². The number of nitrogens with zero attached hydrogens (tertiary/aromatic N) is 2. The Labute approximate surface area is 115 Å². The van der Waals surface area contributed by atoms with E-state index in [4.69, 9.17) is 4.52 Å². The van der Waals surface area contributed by atoms with Crippen molar-refractivity contribution in [3.05, 3.63) is 48.0 Å². The standard InChI is InChI=1S/C15H12N2O3/c1-9-5-2-3-6-10(9)14-16-15(20-17-14)11-7-4-8-12(18)13(11)19/h2-8,18-19H,1H3. The van der Waals surface area contributed by atoms with Gasteiger partial charge in [-0.3, -0.25) is 0 Å². The molecule has 0 fully saturated rings. The van der Waals surface area contributed by atoms with Crippen LogP contribution in [0.1, 0.15) is 5.56 Å². The molecule has 0 aliphatic rings. The van der Waals surface area contributed by atoms with Gasteiger partial charge >= 0.3 is 0 Å². The molecule has 20 heavy (non-hydrogen) atoms. The normalized spacial score (nSPS) is 10.7. The van der Waals surface area contributed by atoms with Crippen LogP contribution in [0, 0.1) is 6.92 Å². The number of hydrogen-bond acceptors (Lipinski definition) is 5. The fourth-order valence-electron chi connectivity index (χ4n) is 1.97. The highest BCUT2D eigenvalue weighted by Crippen LogP contribution is 2.35. The lowest BCUT2D eigenvalue weighted by Gasteiger charge is -2.00. The van der Waals surface area contributed by atoms with Crippen molar-refractivity contribution >= 4 is 0 Å². The van der Waals surface area contributed by atoms with Gasteiger partial charge in [-0.15, -0.1) is 0 Å². The van der Waals surface area contributed by atoms with Gasteiger partial charge in [-0.1, -0.05) is 35.5 Å². The minimum atomic E-state index is -0.271. The predicted octanol–water partition coefficient (Wildman–Crippen LogP) is 3.12. The van der Waals surface area contributed by atoms with Crippen LogP contribution >= 0.6 is 0 Å². The van der Waals surface area contributed by atoms with E-state index in [2.05, 4.69) is 10.1 Å². The van der Waals surface area contributed by atoms with E-state index in [1.165, 1.54) is 6.07 Å². The molecule has 1 aromatic heterocycles. The SMILES string of the molecule is Cc1ccccc1-c1noc(-c2cccc(O)c2O)n1. The molecule has 0 aliphatic heterocycles. The molecule has 1 heterocycles. The summed E-state index contributed by atoms with van der Waals surface area (Å²) in [6.45, 7) is 1.96. The van der Waals surface area contributed by atoms with Crippen molar-refractivity contribution in [2.45, 2.75) is 6.92 Å². The number of benzene rings is 2. The van der Waals surface area contributed by atoms with Gasteiger partial charge in [-0.25, -0.2) is 0 Å². The Morgan fingerprint density at radius 2 is 1.70 bits per heavy atom. The van der Waals surface area contributed by atoms with Crippen molar-refractivity contribution in [1.82, 2.24) is 10.1 Å². The zero-order chi connectivity index (χ0) is 14.1. The highest BCUT2D eigenvalue weighted by atomic mass is 16.5. The first-order valence-electron chi connectivity index (χ1n) is 6.08. The summed E-state index contributed by atoms with van der Waals surface area (Å²) in [7, 11) is 0. The van der Waals surface area contributed by atoms with E-state index in [0.29, 0.717) is 11.4 Å². The van der Waals surface area contributed by atoms with Crippen LogP contribution in [-0.2, 0) is 0 Å². The lowest BCUT2D eigenvalue weighted by Crippen LogP contribution is -1.85. The Morgan fingerprint density at radius 1 is 0.950 bits per heavy atom. The Balaban J connectivity index is 2.07. The quantitative estimate of drug-likeness (QED) is 0.698. The number of aromatic hydroxyl groups is 2. The van der Waals surface area contributed by atoms with Crippen molar-refractivity contribution in [3.63, 3.8) is 0 Å². The summed E-state index contributed by atoms with van der Waals surface area (Å²) < 4.78 is 5.16. The monoisotopic (exact) mass is 268 g/mol. The van der Waals surface area contributed by atoms with Crippen LogP contribution in [0.15, 0.2) is 47.0 Å². The van der Waals surface area contributed by atoms with Crippen LogP contribution in [0.5, 0.6) is 11.5 Å². The zero-order valence-corrected chi connectivity index (χ0v) is 10.7. The van der Waals surface area contributed by atoms with Gasteiger partial charge in [0.25, 0.3) is 5.89 Å². The van der Waals surface area contributed by atoms with E-state index >= 15 is 0 Å². The van der Waals surface area contributed by atoms with E-state index in [9.17, 15) is 10.2 Å². The summed E-state index contributed by atoms with van der Waals surface area (Å²) in [6, 6.07) is 12.3. The van der Waals surface area contributed by atoms with Crippen molar-refractivity contribution in [1.29, 1.82) is 0 Å². The first-order chi connectivity index (χ1) is 9.66. The molecule has 2 N–H and O–H groups in total. The molecule has 0 aliphatic carbocycles. The van der Waals surface area contributed by atoms with Crippen molar-refractivity contribution in [3.8, 4) is 34.3 Å². The van der Waals surface area contributed by atoms with Gasteiger partial charge in [0.2, 0.25) is 5.82 Å². The van der Waals surface area contributed by atoms with Crippen LogP contribution in [0.4, 0.5) is 0 Å². The van der Waals surface area contributed by atoms with E-state index in [1.54, 1.807) is 12.1 Å². The third-order valence-corrected chi connectivity index (χ3v) is 3.06. The Bertz CT molecular complexity index is 765. The molecular weight excluding hydrogens is 256 g/mol. The lowest BCUT2D eigenvalue weighted by molar-refractivity contribution is 0.397. The van der Waals surface area contributed by atoms with Crippen molar-refractivity contribution in [2.24, 2.45) is 0 Å². The molecule has 2 aromatic carbocycles. The molecular formula is C15H12N2O3. The first-order valence-corrected chi connectivity index (χ1v) is 6.08. The number of aromatic nitrogens is 2. The van der Waals surface area contributed by atoms with Crippen LogP contribution in [-0.4, -0.2) is 20.4 Å². The van der Waals surface area contributed by atoms with Gasteiger partial charge in [-0.2, -0.15) is 4.98 Å². The first kappa shape index (κ1) is 12.2. The lowest BCUT2D eigenvalue weighted by atomic mass is 10.1. The summed E-state index contributed by atoms with van der Waals surface area (Å²) in [6.07, 6.45) is 0. The fourth-order valence-corrected chi connectivity index (χ4v) is 1.97. The zero-order valence-electron chi connectivity index (χ0n) is 10.7. The summed E-state index contributed by atoms with van der Waals surface area (Å²) >= 11 is 0. The molecule has 3 aromatic rings. The Morgan fingerprint density at radius 3 is 2.50 bits per heavy atom. The Kier molecular flexibility index (Phi) is 2.87. The summed E-state index contributed by atoms with van der Waals surface area (Å²) in [5.74, 6) is 0.114. The van der Waals surface area contributed by atoms with E-state index < -0.39 is 0 Å². The molecule has 0 unspecified atom stereocenters. The third-order valence-electron chi connectivity index (χ3n) is 3.06. The minimum Gasteiger partial charge on any atom is -0.504 e. The highest BCUT2D eigenvalue weighted by molar-refractivity contribution is 5.68. The van der Waals surface area contributed by atoms with Crippen molar-refractivity contribution in [2.75, 3.05) is 0 Å².